The van der Waals surface area contributed by atoms with Gasteiger partial charge in [0.15, 0.2) is 0 Å². The Morgan fingerprint density at radius 2 is 1.52 bits per heavy atom. The smallest absolute Gasteiger partial charge is 0.321 e. The predicted octanol–water partition coefficient (Wildman–Crippen LogP) is 4.26. The summed E-state index contributed by atoms with van der Waals surface area (Å²) in [5.41, 5.74) is 1.20. The van der Waals surface area contributed by atoms with Crippen LogP contribution in [0.25, 0.3) is 0 Å². The zero-order valence-corrected chi connectivity index (χ0v) is 17.2. The highest BCUT2D eigenvalue weighted by atomic mass is 16.2. The first-order chi connectivity index (χ1) is 14.1. The van der Waals surface area contributed by atoms with Crippen LogP contribution in [0, 0.1) is 29.1 Å². The van der Waals surface area contributed by atoms with E-state index in [0.717, 1.165) is 42.8 Å². The summed E-state index contributed by atoms with van der Waals surface area (Å²) in [5.74, 6) is 3.02. The molecule has 0 spiro atoms. The first-order valence-electron chi connectivity index (χ1n) is 11.5. The second-order valence-corrected chi connectivity index (χ2v) is 10.2. The van der Waals surface area contributed by atoms with Gasteiger partial charge in [0.2, 0.25) is 5.91 Å². The molecule has 0 unspecified atom stereocenters. The molecule has 0 radical (unpaired) electrons. The lowest BCUT2D eigenvalue weighted by atomic mass is 9.49. The van der Waals surface area contributed by atoms with Crippen LogP contribution >= 0.6 is 0 Å². The SMILES string of the molecule is O=C(NCC12CC3CC(CC(C3)C1)C2)C1CCN(C(=O)Nc2ccccc2)CC1. The molecule has 5 aliphatic rings. The zero-order valence-electron chi connectivity index (χ0n) is 17.2. The second-order valence-electron chi connectivity index (χ2n) is 10.2. The fraction of sp³-hybridized carbons (Fsp3) is 0.667. The number of amides is 3. The van der Waals surface area contributed by atoms with E-state index in [1.807, 2.05) is 35.2 Å². The summed E-state index contributed by atoms with van der Waals surface area (Å²) < 4.78 is 0. The first-order valence-corrected chi connectivity index (χ1v) is 11.5. The Kier molecular flexibility index (Phi) is 5.00. The van der Waals surface area contributed by atoms with Crippen LogP contribution in [0.5, 0.6) is 0 Å². The zero-order chi connectivity index (χ0) is 19.8. The summed E-state index contributed by atoms with van der Waals surface area (Å²) in [6.07, 6.45) is 9.83. The van der Waals surface area contributed by atoms with E-state index >= 15 is 0 Å². The molecular weight excluding hydrogens is 362 g/mol. The number of hydrogen-bond acceptors (Lipinski definition) is 2. The average Bonchev–Trinajstić information content (AvgIpc) is 2.72. The van der Waals surface area contributed by atoms with Crippen LogP contribution in [0.2, 0.25) is 0 Å². The molecule has 5 nitrogen and oxygen atoms in total. The van der Waals surface area contributed by atoms with Crippen LogP contribution in [0.15, 0.2) is 30.3 Å². The molecule has 1 aromatic rings. The van der Waals surface area contributed by atoms with Crippen molar-refractivity contribution in [3.05, 3.63) is 30.3 Å². The number of likely N-dealkylation sites (tertiary alicyclic amines) is 1. The number of carbonyl (C=O) groups is 2. The monoisotopic (exact) mass is 395 g/mol. The minimum atomic E-state index is -0.0661. The van der Waals surface area contributed by atoms with Crippen LogP contribution in [0.3, 0.4) is 0 Å². The number of nitrogens with zero attached hydrogens (tertiary/aromatic N) is 1. The molecule has 4 aliphatic carbocycles. The van der Waals surface area contributed by atoms with E-state index in [4.69, 9.17) is 0 Å². The molecule has 1 aliphatic heterocycles. The summed E-state index contributed by atoms with van der Waals surface area (Å²) >= 11 is 0. The van der Waals surface area contributed by atoms with Crippen LogP contribution < -0.4 is 10.6 Å². The molecule has 1 aromatic carbocycles. The van der Waals surface area contributed by atoms with Crippen molar-refractivity contribution < 1.29 is 9.59 Å². The average molecular weight is 396 g/mol. The van der Waals surface area contributed by atoms with Crippen molar-refractivity contribution in [2.75, 3.05) is 25.0 Å². The molecule has 29 heavy (non-hydrogen) atoms. The number of rotatable bonds is 4. The highest BCUT2D eigenvalue weighted by Gasteiger charge is 2.50. The number of benzene rings is 1. The molecule has 5 heteroatoms. The Balaban J connectivity index is 1.09. The minimum absolute atomic E-state index is 0.0460. The van der Waals surface area contributed by atoms with Gasteiger partial charge >= 0.3 is 6.03 Å². The van der Waals surface area contributed by atoms with E-state index in [1.54, 1.807) is 0 Å². The molecule has 0 aromatic heterocycles. The Morgan fingerprint density at radius 3 is 2.10 bits per heavy atom. The van der Waals surface area contributed by atoms with Crippen molar-refractivity contribution in [1.82, 2.24) is 10.2 Å². The van der Waals surface area contributed by atoms with Crippen LogP contribution in [0.4, 0.5) is 10.5 Å². The third kappa shape index (κ3) is 4.01. The molecule has 5 fully saturated rings. The van der Waals surface area contributed by atoms with Gasteiger partial charge in [-0.3, -0.25) is 4.79 Å². The quantitative estimate of drug-likeness (QED) is 0.800. The summed E-state index contributed by atoms with van der Waals surface area (Å²) in [4.78, 5) is 27.1. The fourth-order valence-electron chi connectivity index (χ4n) is 6.99. The molecule has 3 amide bonds. The van der Waals surface area contributed by atoms with Crippen molar-refractivity contribution in [1.29, 1.82) is 0 Å². The van der Waals surface area contributed by atoms with Crippen molar-refractivity contribution >= 4 is 17.6 Å². The van der Waals surface area contributed by atoms with Gasteiger partial charge in [0, 0.05) is 31.2 Å². The molecule has 0 atom stereocenters. The molecule has 2 N–H and O–H groups in total. The Morgan fingerprint density at radius 1 is 0.931 bits per heavy atom. The molecule has 6 rings (SSSR count). The van der Waals surface area contributed by atoms with E-state index in [9.17, 15) is 9.59 Å². The van der Waals surface area contributed by atoms with E-state index < -0.39 is 0 Å². The second kappa shape index (κ2) is 7.66. The van der Waals surface area contributed by atoms with Crippen molar-refractivity contribution in [3.8, 4) is 0 Å². The van der Waals surface area contributed by atoms with Crippen molar-refractivity contribution in [3.63, 3.8) is 0 Å². The maximum absolute atomic E-state index is 12.8. The third-order valence-corrected chi connectivity index (χ3v) is 7.98. The highest BCUT2D eigenvalue weighted by molar-refractivity contribution is 5.89. The van der Waals surface area contributed by atoms with Crippen LogP contribution in [-0.2, 0) is 4.79 Å². The van der Waals surface area contributed by atoms with Gasteiger partial charge in [-0.25, -0.2) is 4.79 Å². The third-order valence-electron chi connectivity index (χ3n) is 7.98. The van der Waals surface area contributed by atoms with Gasteiger partial charge in [-0.1, -0.05) is 18.2 Å². The van der Waals surface area contributed by atoms with E-state index in [2.05, 4.69) is 10.6 Å². The number of piperidine rings is 1. The number of urea groups is 1. The lowest BCUT2D eigenvalue weighted by molar-refractivity contribution is -0.128. The Labute approximate surface area is 173 Å². The van der Waals surface area contributed by atoms with Crippen LogP contribution in [0.1, 0.15) is 51.4 Å². The molecule has 156 valence electrons. The van der Waals surface area contributed by atoms with Gasteiger partial charge in [0.05, 0.1) is 0 Å². The number of nitrogens with one attached hydrogen (secondary N) is 2. The van der Waals surface area contributed by atoms with E-state index in [0.29, 0.717) is 18.5 Å². The number of carbonyl (C=O) groups excluding carboxylic acids is 2. The van der Waals surface area contributed by atoms with Gasteiger partial charge in [-0.05, 0) is 86.7 Å². The van der Waals surface area contributed by atoms with Gasteiger partial charge < -0.3 is 15.5 Å². The Hall–Kier alpha value is -2.04. The molecule has 4 bridgehead atoms. The number of hydrogen-bond donors (Lipinski definition) is 2. The Bertz CT molecular complexity index is 719. The highest BCUT2D eigenvalue weighted by Crippen LogP contribution is 2.59. The molecular formula is C24H33N3O2. The lowest BCUT2D eigenvalue weighted by Gasteiger charge is -2.57. The number of para-hydroxylation sites is 1. The maximum atomic E-state index is 12.8. The minimum Gasteiger partial charge on any atom is -0.355 e. The largest absolute Gasteiger partial charge is 0.355 e. The molecule has 1 saturated heterocycles. The maximum Gasteiger partial charge on any atom is 0.321 e. The lowest BCUT2D eigenvalue weighted by Crippen LogP contribution is -2.52. The van der Waals surface area contributed by atoms with E-state index in [-0.39, 0.29) is 17.9 Å². The topological polar surface area (TPSA) is 61.4 Å². The molecule has 4 saturated carbocycles. The summed E-state index contributed by atoms with van der Waals surface area (Å²) in [6.45, 7) is 2.17. The molecule has 1 heterocycles. The van der Waals surface area contributed by atoms with Crippen molar-refractivity contribution in [2.24, 2.45) is 29.1 Å². The first kappa shape index (κ1) is 19.0. The standard InChI is InChI=1S/C24H33N3O2/c28-22(25-16-24-13-17-10-18(14-24)12-19(11-17)15-24)20-6-8-27(9-7-20)23(29)26-21-4-2-1-3-5-21/h1-5,17-20H,6-16H2,(H,25,28)(H,26,29). The predicted molar refractivity (Wildman–Crippen MR) is 113 cm³/mol. The van der Waals surface area contributed by atoms with Gasteiger partial charge in [0.1, 0.15) is 0 Å². The normalized spacial score (nSPS) is 33.5. The van der Waals surface area contributed by atoms with E-state index in [1.165, 1.54) is 38.5 Å². The summed E-state index contributed by atoms with van der Waals surface area (Å²) in [6, 6.07) is 9.48. The van der Waals surface area contributed by atoms with Crippen molar-refractivity contribution in [2.45, 2.75) is 51.4 Å². The number of anilines is 1. The summed E-state index contributed by atoms with van der Waals surface area (Å²) in [7, 11) is 0. The van der Waals surface area contributed by atoms with Crippen LogP contribution in [-0.4, -0.2) is 36.5 Å². The fourth-order valence-corrected chi connectivity index (χ4v) is 6.99. The summed E-state index contributed by atoms with van der Waals surface area (Å²) in [5, 5.41) is 6.28. The van der Waals surface area contributed by atoms with Gasteiger partial charge in [0.25, 0.3) is 0 Å². The van der Waals surface area contributed by atoms with Gasteiger partial charge in [-0.15, -0.1) is 0 Å². The van der Waals surface area contributed by atoms with Gasteiger partial charge in [-0.2, -0.15) is 0 Å².